The number of carbonyl (C=O) groups is 2. The number of ether oxygens (including phenoxy) is 2. The van der Waals surface area contributed by atoms with E-state index in [1.165, 1.54) is 36.4 Å². The van der Waals surface area contributed by atoms with Crippen LogP contribution < -0.4 is 9.47 Å². The highest BCUT2D eigenvalue weighted by molar-refractivity contribution is 6.32. The van der Waals surface area contributed by atoms with Crippen LogP contribution in [0.2, 0.25) is 10.0 Å². The first-order chi connectivity index (χ1) is 14.4. The Morgan fingerprint density at radius 3 is 2.57 bits per heavy atom. The number of hydrogen-bond donors (Lipinski definition) is 0. The molecule has 1 heterocycles. The molecule has 0 saturated carbocycles. The summed E-state index contributed by atoms with van der Waals surface area (Å²) in [7, 11) is 0. The first kappa shape index (κ1) is 20.1. The Labute approximate surface area is 181 Å². The predicted molar refractivity (Wildman–Crippen MR) is 112 cm³/mol. The zero-order valence-electron chi connectivity index (χ0n) is 15.3. The molecule has 0 saturated heterocycles. The Morgan fingerprint density at radius 2 is 1.83 bits per heavy atom. The van der Waals surface area contributed by atoms with Gasteiger partial charge in [0.05, 0.1) is 10.6 Å². The Bertz CT molecular complexity index is 1170. The topological polar surface area (TPSA) is 52.6 Å². The molecule has 150 valence electrons. The first-order valence-electron chi connectivity index (χ1n) is 8.86. The number of benzene rings is 3. The van der Waals surface area contributed by atoms with Gasteiger partial charge in [-0.2, -0.15) is 0 Å². The van der Waals surface area contributed by atoms with Gasteiger partial charge >= 0.3 is 0 Å². The van der Waals surface area contributed by atoms with Crippen LogP contribution in [-0.4, -0.2) is 18.2 Å². The van der Waals surface area contributed by atoms with E-state index in [4.69, 9.17) is 32.7 Å². The van der Waals surface area contributed by atoms with Gasteiger partial charge in [0, 0.05) is 22.2 Å². The summed E-state index contributed by atoms with van der Waals surface area (Å²) in [5.41, 5.74) is 0.851. The van der Waals surface area contributed by atoms with Crippen LogP contribution in [0.4, 0.5) is 4.39 Å². The van der Waals surface area contributed by atoms with Crippen LogP contribution >= 0.6 is 23.2 Å². The van der Waals surface area contributed by atoms with Crippen molar-refractivity contribution in [1.29, 1.82) is 0 Å². The van der Waals surface area contributed by atoms with Crippen molar-refractivity contribution in [3.8, 4) is 11.5 Å². The molecule has 1 aliphatic heterocycles. The Morgan fingerprint density at radius 1 is 1.07 bits per heavy atom. The predicted octanol–water partition coefficient (Wildman–Crippen LogP) is 6.01. The summed E-state index contributed by atoms with van der Waals surface area (Å²) in [6, 6.07) is 15.3. The fourth-order valence-electron chi connectivity index (χ4n) is 2.90. The molecule has 7 heteroatoms. The second kappa shape index (κ2) is 8.30. The van der Waals surface area contributed by atoms with E-state index in [1.807, 2.05) is 0 Å². The fraction of sp³-hybridized carbons (Fsp3) is 0.0435. The SMILES string of the molecule is O=C(COc1ccc2c(c1)OC(=Cc1c(F)cccc1Cl)C2=O)c1ccc(Cl)cc1. The van der Waals surface area contributed by atoms with Gasteiger partial charge in [0.25, 0.3) is 0 Å². The van der Waals surface area contributed by atoms with Crippen LogP contribution in [0.25, 0.3) is 6.08 Å². The summed E-state index contributed by atoms with van der Waals surface area (Å²) in [5.74, 6) is -0.616. The molecule has 0 N–H and O–H groups in total. The van der Waals surface area contributed by atoms with Gasteiger partial charge in [0.15, 0.2) is 18.1 Å². The summed E-state index contributed by atoms with van der Waals surface area (Å²) in [6.07, 6.45) is 1.27. The number of ketones is 2. The van der Waals surface area contributed by atoms with Gasteiger partial charge in [-0.15, -0.1) is 0 Å². The lowest BCUT2D eigenvalue weighted by atomic mass is 10.1. The van der Waals surface area contributed by atoms with Crippen LogP contribution in [0, 0.1) is 5.82 Å². The summed E-state index contributed by atoms with van der Waals surface area (Å²) < 4.78 is 25.1. The molecular formula is C23H13Cl2FO4. The van der Waals surface area contributed by atoms with E-state index in [2.05, 4.69) is 0 Å². The van der Waals surface area contributed by atoms with Crippen LogP contribution in [0.15, 0.2) is 66.4 Å². The molecule has 4 nitrogen and oxygen atoms in total. The maximum Gasteiger partial charge on any atom is 0.231 e. The molecule has 0 spiro atoms. The third kappa shape index (κ3) is 4.08. The zero-order chi connectivity index (χ0) is 21.3. The molecule has 3 aromatic carbocycles. The smallest absolute Gasteiger partial charge is 0.231 e. The average molecular weight is 443 g/mol. The van der Waals surface area contributed by atoms with Gasteiger partial charge in [-0.3, -0.25) is 9.59 Å². The summed E-state index contributed by atoms with van der Waals surface area (Å²) >= 11 is 11.8. The van der Waals surface area contributed by atoms with Crippen molar-refractivity contribution in [2.45, 2.75) is 0 Å². The molecule has 0 fully saturated rings. The molecule has 3 aromatic rings. The normalized spacial score (nSPS) is 13.8. The summed E-state index contributed by atoms with van der Waals surface area (Å²) in [4.78, 5) is 24.8. The lowest BCUT2D eigenvalue weighted by molar-refractivity contribution is 0.0921. The van der Waals surface area contributed by atoms with E-state index in [-0.39, 0.29) is 34.5 Å². The van der Waals surface area contributed by atoms with E-state index in [9.17, 15) is 14.0 Å². The minimum Gasteiger partial charge on any atom is -0.485 e. The van der Waals surface area contributed by atoms with E-state index in [0.717, 1.165) is 0 Å². The molecule has 4 rings (SSSR count). The highest BCUT2D eigenvalue weighted by Gasteiger charge is 2.28. The second-order valence-corrected chi connectivity index (χ2v) is 7.30. The largest absolute Gasteiger partial charge is 0.485 e. The van der Waals surface area contributed by atoms with Crippen molar-refractivity contribution >= 4 is 40.8 Å². The quantitative estimate of drug-likeness (QED) is 0.358. The van der Waals surface area contributed by atoms with Gasteiger partial charge in [-0.05, 0) is 54.6 Å². The van der Waals surface area contributed by atoms with E-state index in [0.29, 0.717) is 21.9 Å². The molecule has 0 aromatic heterocycles. The molecule has 0 radical (unpaired) electrons. The van der Waals surface area contributed by atoms with Gasteiger partial charge in [0.1, 0.15) is 17.3 Å². The van der Waals surface area contributed by atoms with Crippen LogP contribution in [0.3, 0.4) is 0 Å². The van der Waals surface area contributed by atoms with Gasteiger partial charge < -0.3 is 9.47 Å². The fourth-order valence-corrected chi connectivity index (χ4v) is 3.25. The van der Waals surface area contributed by atoms with Crippen LogP contribution in [0.1, 0.15) is 26.3 Å². The van der Waals surface area contributed by atoms with E-state index >= 15 is 0 Å². The highest BCUT2D eigenvalue weighted by Crippen LogP contribution is 2.35. The summed E-state index contributed by atoms with van der Waals surface area (Å²) in [5, 5.41) is 0.702. The molecular weight excluding hydrogens is 430 g/mol. The number of carbonyl (C=O) groups excluding carboxylic acids is 2. The zero-order valence-corrected chi connectivity index (χ0v) is 16.8. The van der Waals surface area contributed by atoms with Crippen molar-refractivity contribution in [2.75, 3.05) is 6.61 Å². The highest BCUT2D eigenvalue weighted by atomic mass is 35.5. The monoisotopic (exact) mass is 442 g/mol. The molecule has 0 unspecified atom stereocenters. The molecule has 0 atom stereocenters. The van der Waals surface area contributed by atoms with E-state index < -0.39 is 11.6 Å². The maximum absolute atomic E-state index is 14.0. The molecule has 1 aliphatic rings. The summed E-state index contributed by atoms with van der Waals surface area (Å²) in [6.45, 7) is -0.193. The number of allylic oxidation sites excluding steroid dienone is 1. The van der Waals surface area contributed by atoms with Crippen molar-refractivity contribution < 1.29 is 23.5 Å². The van der Waals surface area contributed by atoms with Gasteiger partial charge in [-0.1, -0.05) is 29.3 Å². The Balaban J connectivity index is 1.50. The number of hydrogen-bond acceptors (Lipinski definition) is 4. The Kier molecular flexibility index (Phi) is 5.57. The van der Waals surface area contributed by atoms with Crippen LogP contribution in [-0.2, 0) is 0 Å². The third-order valence-corrected chi connectivity index (χ3v) is 5.03. The van der Waals surface area contributed by atoms with Crippen molar-refractivity contribution in [3.63, 3.8) is 0 Å². The van der Waals surface area contributed by atoms with Crippen molar-refractivity contribution in [2.24, 2.45) is 0 Å². The average Bonchev–Trinajstić information content (AvgIpc) is 3.04. The first-order valence-corrected chi connectivity index (χ1v) is 9.62. The van der Waals surface area contributed by atoms with Gasteiger partial charge in [0.2, 0.25) is 5.78 Å². The lowest BCUT2D eigenvalue weighted by Gasteiger charge is -2.07. The molecule has 0 bridgehead atoms. The van der Waals surface area contributed by atoms with Crippen molar-refractivity contribution in [3.05, 3.63) is 99.0 Å². The second-order valence-electron chi connectivity index (χ2n) is 6.45. The molecule has 0 amide bonds. The molecule has 30 heavy (non-hydrogen) atoms. The third-order valence-electron chi connectivity index (χ3n) is 4.45. The number of fused-ring (bicyclic) bond motifs is 1. The Hall–Kier alpha value is -3.15. The standard InChI is InChI=1S/C23H13Cl2FO4/c24-14-6-4-13(5-7-14)20(27)12-29-15-8-9-16-21(10-15)30-22(23(16)28)11-17-18(25)2-1-3-19(17)26/h1-11H,12H2. The minimum absolute atomic E-state index is 0.0496. The van der Waals surface area contributed by atoms with Crippen LogP contribution in [0.5, 0.6) is 11.5 Å². The van der Waals surface area contributed by atoms with Gasteiger partial charge in [-0.25, -0.2) is 4.39 Å². The van der Waals surface area contributed by atoms with E-state index in [1.54, 1.807) is 30.3 Å². The lowest BCUT2D eigenvalue weighted by Crippen LogP contribution is -2.11. The number of Topliss-reactive ketones (excluding diaryl/α,β-unsaturated/α-hetero) is 2. The molecule has 0 aliphatic carbocycles. The minimum atomic E-state index is -0.563. The van der Waals surface area contributed by atoms with Crippen molar-refractivity contribution in [1.82, 2.24) is 0 Å². The number of rotatable bonds is 5. The maximum atomic E-state index is 14.0. The number of halogens is 3.